The van der Waals surface area contributed by atoms with Gasteiger partial charge in [-0.3, -0.25) is 9.20 Å². The highest BCUT2D eigenvalue weighted by Crippen LogP contribution is 2.27. The highest BCUT2D eigenvalue weighted by atomic mass is 32.2. The van der Waals surface area contributed by atoms with Crippen molar-refractivity contribution in [3.8, 4) is 0 Å². The highest BCUT2D eigenvalue weighted by Gasteiger charge is 2.14. The topological polar surface area (TPSA) is 59.3 Å². The zero-order chi connectivity index (χ0) is 18.1. The lowest BCUT2D eigenvalue weighted by Gasteiger charge is -2.10. The normalized spacial score (nSPS) is 11.2. The number of thioether (sulfide) groups is 1. The van der Waals surface area contributed by atoms with E-state index in [1.54, 1.807) is 0 Å². The summed E-state index contributed by atoms with van der Waals surface area (Å²) in [4.78, 5) is 12.2. The number of pyridine rings is 1. The molecule has 2 heterocycles. The molecule has 0 radical (unpaired) electrons. The fourth-order valence-electron chi connectivity index (χ4n) is 3.07. The molecular weight excluding hydrogens is 344 g/mol. The molecule has 0 unspecified atom stereocenters. The van der Waals surface area contributed by atoms with Gasteiger partial charge in [0, 0.05) is 11.1 Å². The number of aryl methyl sites for hydroxylation is 2. The van der Waals surface area contributed by atoms with E-state index >= 15 is 0 Å². The van der Waals surface area contributed by atoms with Gasteiger partial charge in [0.1, 0.15) is 0 Å². The Morgan fingerprint density at radius 2 is 1.85 bits per heavy atom. The van der Waals surface area contributed by atoms with Crippen molar-refractivity contribution in [2.45, 2.75) is 19.0 Å². The molecule has 0 atom stereocenters. The van der Waals surface area contributed by atoms with Gasteiger partial charge >= 0.3 is 0 Å². The average molecular weight is 362 g/mol. The van der Waals surface area contributed by atoms with Crippen molar-refractivity contribution in [2.24, 2.45) is 0 Å². The van der Waals surface area contributed by atoms with Gasteiger partial charge in [-0.1, -0.05) is 48.2 Å². The van der Waals surface area contributed by atoms with Crippen LogP contribution in [0.4, 0.5) is 5.69 Å². The number of amides is 1. The summed E-state index contributed by atoms with van der Waals surface area (Å²) in [7, 11) is 0. The molecule has 0 bridgehead atoms. The Morgan fingerprint density at radius 3 is 2.65 bits per heavy atom. The summed E-state index contributed by atoms with van der Waals surface area (Å²) in [6.07, 6.45) is 0. The van der Waals surface area contributed by atoms with Crippen LogP contribution in [0.15, 0.2) is 59.8 Å². The molecule has 1 N–H and O–H groups in total. The minimum atomic E-state index is -0.0638. The molecule has 4 rings (SSSR count). The van der Waals surface area contributed by atoms with E-state index in [4.69, 9.17) is 0 Å². The SMILES string of the molecule is Cc1cc2nnc(SCC(=O)Nc3ccccc3)n2c2c(C)cccc12. The zero-order valence-electron chi connectivity index (χ0n) is 14.6. The molecule has 0 aliphatic rings. The first-order chi connectivity index (χ1) is 12.6. The minimum Gasteiger partial charge on any atom is -0.325 e. The van der Waals surface area contributed by atoms with Crippen LogP contribution in [0.2, 0.25) is 0 Å². The molecule has 5 nitrogen and oxygen atoms in total. The number of fused-ring (bicyclic) bond motifs is 3. The third kappa shape index (κ3) is 3.04. The molecule has 26 heavy (non-hydrogen) atoms. The van der Waals surface area contributed by atoms with Crippen molar-refractivity contribution in [2.75, 3.05) is 11.1 Å². The number of nitrogens with one attached hydrogen (secondary N) is 1. The quantitative estimate of drug-likeness (QED) is 0.552. The van der Waals surface area contributed by atoms with Gasteiger partial charge in [-0.25, -0.2) is 0 Å². The fourth-order valence-corrected chi connectivity index (χ4v) is 3.82. The molecule has 0 fully saturated rings. The van der Waals surface area contributed by atoms with E-state index in [0.29, 0.717) is 0 Å². The van der Waals surface area contributed by atoms with Crippen LogP contribution in [0.5, 0.6) is 0 Å². The number of rotatable bonds is 4. The van der Waals surface area contributed by atoms with Crippen molar-refractivity contribution in [1.29, 1.82) is 0 Å². The monoisotopic (exact) mass is 362 g/mol. The lowest BCUT2D eigenvalue weighted by atomic mass is 10.1. The molecule has 0 saturated carbocycles. The van der Waals surface area contributed by atoms with Crippen molar-refractivity contribution in [3.63, 3.8) is 0 Å². The molecule has 2 aromatic carbocycles. The van der Waals surface area contributed by atoms with Gasteiger partial charge in [0.05, 0.1) is 11.3 Å². The Labute approximate surface area is 155 Å². The summed E-state index contributed by atoms with van der Waals surface area (Å²) in [5, 5.41) is 13.4. The largest absolute Gasteiger partial charge is 0.325 e. The van der Waals surface area contributed by atoms with Crippen LogP contribution in [-0.4, -0.2) is 26.3 Å². The molecular formula is C20H18N4OS. The Morgan fingerprint density at radius 1 is 1.04 bits per heavy atom. The van der Waals surface area contributed by atoms with E-state index < -0.39 is 0 Å². The molecule has 0 saturated heterocycles. The maximum atomic E-state index is 12.2. The molecule has 1 amide bonds. The maximum Gasteiger partial charge on any atom is 0.234 e. The molecule has 6 heteroatoms. The van der Waals surface area contributed by atoms with E-state index in [0.717, 1.165) is 27.6 Å². The van der Waals surface area contributed by atoms with Crippen LogP contribution in [-0.2, 0) is 4.79 Å². The Kier molecular flexibility index (Phi) is 4.34. The molecule has 0 aliphatic carbocycles. The summed E-state index contributed by atoms with van der Waals surface area (Å²) in [5.41, 5.74) is 5.02. The van der Waals surface area contributed by atoms with Gasteiger partial charge in [0.15, 0.2) is 10.8 Å². The summed E-state index contributed by atoms with van der Waals surface area (Å²) >= 11 is 1.39. The van der Waals surface area contributed by atoms with Crippen LogP contribution >= 0.6 is 11.8 Å². The second kappa shape index (κ2) is 6.80. The van der Waals surface area contributed by atoms with Crippen LogP contribution < -0.4 is 5.32 Å². The summed E-state index contributed by atoms with van der Waals surface area (Å²) in [6, 6.07) is 17.7. The van der Waals surface area contributed by atoms with Crippen molar-refractivity contribution in [1.82, 2.24) is 14.6 Å². The predicted octanol–water partition coefficient (Wildman–Crippen LogP) is 4.23. The highest BCUT2D eigenvalue weighted by molar-refractivity contribution is 7.99. The number of aromatic nitrogens is 3. The average Bonchev–Trinajstić information content (AvgIpc) is 3.04. The standard InChI is InChI=1S/C20H18N4OS/c1-13-7-6-10-16-14(2)11-17-22-23-20(24(17)19(13)16)26-12-18(25)21-15-8-4-3-5-9-15/h3-11H,12H2,1-2H3,(H,21,25). The van der Waals surface area contributed by atoms with Crippen molar-refractivity contribution in [3.05, 3.63) is 65.7 Å². The van der Waals surface area contributed by atoms with E-state index in [9.17, 15) is 4.79 Å². The molecule has 2 aromatic heterocycles. The second-order valence-electron chi connectivity index (χ2n) is 6.18. The summed E-state index contributed by atoms with van der Waals surface area (Å²) < 4.78 is 2.04. The Balaban J connectivity index is 1.64. The third-order valence-electron chi connectivity index (χ3n) is 4.28. The van der Waals surface area contributed by atoms with Gasteiger partial charge < -0.3 is 5.32 Å². The van der Waals surface area contributed by atoms with Crippen molar-refractivity contribution >= 4 is 39.9 Å². The van der Waals surface area contributed by atoms with Gasteiger partial charge in [-0.2, -0.15) is 0 Å². The van der Waals surface area contributed by atoms with Crippen LogP contribution in [0, 0.1) is 13.8 Å². The Bertz CT molecular complexity index is 1110. The minimum absolute atomic E-state index is 0.0638. The third-order valence-corrected chi connectivity index (χ3v) is 5.21. The Hall–Kier alpha value is -2.86. The van der Waals surface area contributed by atoms with E-state index in [1.165, 1.54) is 22.7 Å². The smallest absolute Gasteiger partial charge is 0.234 e. The number of nitrogens with zero attached hydrogens (tertiary/aromatic N) is 3. The van der Waals surface area contributed by atoms with Crippen LogP contribution in [0.25, 0.3) is 16.6 Å². The molecule has 4 aromatic rings. The summed E-state index contributed by atoms with van der Waals surface area (Å²) in [6.45, 7) is 4.16. The number of anilines is 1. The summed E-state index contributed by atoms with van der Waals surface area (Å²) in [5.74, 6) is 0.211. The lowest BCUT2D eigenvalue weighted by Crippen LogP contribution is -2.14. The van der Waals surface area contributed by atoms with Gasteiger partial charge in [-0.05, 0) is 43.2 Å². The predicted molar refractivity (Wildman–Crippen MR) is 106 cm³/mol. The number of hydrogen-bond donors (Lipinski definition) is 1. The van der Waals surface area contributed by atoms with Gasteiger partial charge in [0.2, 0.25) is 5.91 Å². The van der Waals surface area contributed by atoms with Crippen molar-refractivity contribution < 1.29 is 4.79 Å². The van der Waals surface area contributed by atoms with Crippen LogP contribution in [0.3, 0.4) is 0 Å². The molecule has 0 aliphatic heterocycles. The van der Waals surface area contributed by atoms with Gasteiger partial charge in [0.25, 0.3) is 0 Å². The lowest BCUT2D eigenvalue weighted by molar-refractivity contribution is -0.113. The zero-order valence-corrected chi connectivity index (χ0v) is 15.4. The molecule has 130 valence electrons. The number of hydrogen-bond acceptors (Lipinski definition) is 4. The molecule has 0 spiro atoms. The van der Waals surface area contributed by atoms with E-state index in [2.05, 4.69) is 47.6 Å². The first-order valence-corrected chi connectivity index (χ1v) is 9.34. The number of carbonyl (C=O) groups is 1. The van der Waals surface area contributed by atoms with Crippen LogP contribution in [0.1, 0.15) is 11.1 Å². The number of carbonyl (C=O) groups excluding carboxylic acids is 1. The number of benzene rings is 2. The first-order valence-electron chi connectivity index (χ1n) is 8.35. The van der Waals surface area contributed by atoms with Gasteiger partial charge in [-0.15, -0.1) is 10.2 Å². The number of para-hydroxylation sites is 2. The first kappa shape index (κ1) is 16.6. The second-order valence-corrected chi connectivity index (χ2v) is 7.12. The fraction of sp³-hybridized carbons (Fsp3) is 0.150. The maximum absolute atomic E-state index is 12.2. The van der Waals surface area contributed by atoms with E-state index in [1.807, 2.05) is 40.8 Å². The van der Waals surface area contributed by atoms with E-state index in [-0.39, 0.29) is 11.7 Å².